The zero-order valence-corrected chi connectivity index (χ0v) is 19.0. The Kier molecular flexibility index (Phi) is 6.45. The predicted octanol–water partition coefficient (Wildman–Crippen LogP) is 3.17. The van der Waals surface area contributed by atoms with Crippen LogP contribution in [0.1, 0.15) is 23.9 Å². The van der Waals surface area contributed by atoms with E-state index in [2.05, 4.69) is 10.1 Å². The van der Waals surface area contributed by atoms with Gasteiger partial charge in [0.05, 0.1) is 18.5 Å². The molecule has 3 rings (SSSR count). The number of carbonyl (C=O) groups excluding carboxylic acids is 1. The quantitative estimate of drug-likeness (QED) is 0.558. The van der Waals surface area contributed by atoms with Crippen LogP contribution in [0, 0.1) is 13.8 Å². The summed E-state index contributed by atoms with van der Waals surface area (Å²) in [4.78, 5) is 18.8. The third-order valence-electron chi connectivity index (χ3n) is 5.06. The second kappa shape index (κ2) is 8.89. The fraction of sp³-hybridized carbons (Fsp3) is 0.318. The summed E-state index contributed by atoms with van der Waals surface area (Å²) in [6, 6.07) is 13.7. The Morgan fingerprint density at radius 3 is 2.39 bits per heavy atom. The van der Waals surface area contributed by atoms with Crippen molar-refractivity contribution in [1.82, 2.24) is 15.0 Å². The van der Waals surface area contributed by atoms with Crippen molar-refractivity contribution >= 4 is 21.6 Å². The summed E-state index contributed by atoms with van der Waals surface area (Å²) < 4.78 is 31.5. The summed E-state index contributed by atoms with van der Waals surface area (Å²) in [5, 5.41) is 3.95. The molecule has 9 heteroatoms. The van der Waals surface area contributed by atoms with Crippen LogP contribution < -0.4 is 4.31 Å². The van der Waals surface area contributed by atoms with E-state index < -0.39 is 16.1 Å². The van der Waals surface area contributed by atoms with Crippen molar-refractivity contribution in [3.05, 3.63) is 65.5 Å². The van der Waals surface area contributed by atoms with Gasteiger partial charge in [0.1, 0.15) is 6.04 Å². The molecule has 3 aromatic rings. The van der Waals surface area contributed by atoms with Gasteiger partial charge in [-0.2, -0.15) is 4.98 Å². The van der Waals surface area contributed by atoms with Gasteiger partial charge in [-0.1, -0.05) is 41.6 Å². The SMILES string of the molecule is Cc1ccc(N([C@@H](C)C(=O)N(C)Cc2nc(-c3ccccc3)no2)S(C)(=O)=O)cc1C. The largest absolute Gasteiger partial charge is 0.337 e. The van der Waals surface area contributed by atoms with E-state index in [4.69, 9.17) is 4.52 Å². The first-order chi connectivity index (χ1) is 14.6. The van der Waals surface area contributed by atoms with E-state index >= 15 is 0 Å². The summed E-state index contributed by atoms with van der Waals surface area (Å²) in [5.41, 5.74) is 3.24. The molecule has 1 atom stereocenters. The van der Waals surface area contributed by atoms with Crippen molar-refractivity contribution in [2.45, 2.75) is 33.4 Å². The molecule has 0 fully saturated rings. The molecule has 2 aromatic carbocycles. The number of amides is 1. The van der Waals surface area contributed by atoms with E-state index in [1.807, 2.05) is 50.2 Å². The minimum atomic E-state index is -3.70. The molecule has 0 N–H and O–H groups in total. The molecule has 0 aliphatic heterocycles. The number of aryl methyl sites for hydroxylation is 2. The number of nitrogens with zero attached hydrogens (tertiary/aromatic N) is 4. The summed E-state index contributed by atoms with van der Waals surface area (Å²) >= 11 is 0. The molecule has 1 aromatic heterocycles. The van der Waals surface area contributed by atoms with Gasteiger partial charge < -0.3 is 9.42 Å². The summed E-state index contributed by atoms with van der Waals surface area (Å²) in [6.45, 7) is 5.48. The molecule has 0 aliphatic rings. The highest BCUT2D eigenvalue weighted by Crippen LogP contribution is 2.24. The lowest BCUT2D eigenvalue weighted by atomic mass is 10.1. The monoisotopic (exact) mass is 442 g/mol. The highest BCUT2D eigenvalue weighted by Gasteiger charge is 2.31. The Labute approximate surface area is 182 Å². The van der Waals surface area contributed by atoms with Crippen LogP contribution in [0.5, 0.6) is 0 Å². The molecule has 0 saturated carbocycles. The van der Waals surface area contributed by atoms with Gasteiger partial charge in [-0.25, -0.2) is 8.42 Å². The molecule has 0 aliphatic carbocycles. The van der Waals surface area contributed by atoms with Crippen molar-refractivity contribution < 1.29 is 17.7 Å². The summed E-state index contributed by atoms with van der Waals surface area (Å²) in [6.07, 6.45) is 1.09. The first-order valence-corrected chi connectivity index (χ1v) is 11.6. The zero-order chi connectivity index (χ0) is 22.8. The number of rotatable bonds is 7. The average Bonchev–Trinajstić information content (AvgIpc) is 3.18. The van der Waals surface area contributed by atoms with Crippen molar-refractivity contribution in [2.75, 3.05) is 17.6 Å². The number of likely N-dealkylation sites (N-methyl/N-ethyl adjacent to an activating group) is 1. The van der Waals surface area contributed by atoms with Crippen molar-refractivity contribution in [3.8, 4) is 11.4 Å². The minimum absolute atomic E-state index is 0.0630. The van der Waals surface area contributed by atoms with Gasteiger partial charge in [-0.15, -0.1) is 0 Å². The second-order valence-corrected chi connectivity index (χ2v) is 9.43. The van der Waals surface area contributed by atoms with Crippen LogP contribution >= 0.6 is 0 Å². The molecule has 164 valence electrons. The Morgan fingerprint density at radius 1 is 1.10 bits per heavy atom. The summed E-state index contributed by atoms with van der Waals surface area (Å²) in [7, 11) is -2.12. The normalized spacial score (nSPS) is 12.4. The first-order valence-electron chi connectivity index (χ1n) is 9.77. The maximum Gasteiger partial charge on any atom is 0.246 e. The van der Waals surface area contributed by atoms with Crippen LogP contribution in [-0.4, -0.2) is 48.7 Å². The molecular weight excluding hydrogens is 416 g/mol. The number of benzene rings is 2. The molecule has 0 bridgehead atoms. The van der Waals surface area contributed by atoms with Gasteiger partial charge in [-0.05, 0) is 44.0 Å². The van der Waals surface area contributed by atoms with E-state index in [0.29, 0.717) is 11.5 Å². The molecule has 0 saturated heterocycles. The molecule has 0 unspecified atom stereocenters. The summed E-state index contributed by atoms with van der Waals surface area (Å²) in [5.74, 6) is 0.305. The fourth-order valence-electron chi connectivity index (χ4n) is 3.29. The highest BCUT2D eigenvalue weighted by atomic mass is 32.2. The number of carbonyl (C=O) groups is 1. The molecule has 0 radical (unpaired) electrons. The van der Waals surface area contributed by atoms with Gasteiger partial charge in [0.15, 0.2) is 0 Å². The van der Waals surface area contributed by atoms with Crippen LogP contribution in [0.4, 0.5) is 5.69 Å². The zero-order valence-electron chi connectivity index (χ0n) is 18.2. The van der Waals surface area contributed by atoms with Crippen LogP contribution in [0.2, 0.25) is 0 Å². The lowest BCUT2D eigenvalue weighted by molar-refractivity contribution is -0.131. The lowest BCUT2D eigenvalue weighted by Crippen LogP contribution is -2.48. The van der Waals surface area contributed by atoms with Crippen molar-refractivity contribution in [3.63, 3.8) is 0 Å². The first kappa shape index (κ1) is 22.5. The van der Waals surface area contributed by atoms with Gasteiger partial charge in [0.2, 0.25) is 27.6 Å². The second-order valence-electron chi connectivity index (χ2n) is 7.58. The minimum Gasteiger partial charge on any atom is -0.337 e. The Hall–Kier alpha value is -3.20. The number of anilines is 1. The van der Waals surface area contributed by atoms with Crippen LogP contribution in [-0.2, 0) is 21.4 Å². The predicted molar refractivity (Wildman–Crippen MR) is 119 cm³/mol. The Balaban J connectivity index is 1.79. The smallest absolute Gasteiger partial charge is 0.246 e. The third-order valence-corrected chi connectivity index (χ3v) is 6.30. The molecule has 8 nitrogen and oxygen atoms in total. The van der Waals surface area contributed by atoms with Gasteiger partial charge >= 0.3 is 0 Å². The van der Waals surface area contributed by atoms with E-state index in [-0.39, 0.29) is 18.3 Å². The average molecular weight is 443 g/mol. The lowest BCUT2D eigenvalue weighted by Gasteiger charge is -2.31. The standard InChI is InChI=1S/C22H26N4O4S/c1-15-11-12-19(13-16(15)2)26(31(5,28)29)17(3)22(27)25(4)14-20-23-21(24-30-20)18-9-7-6-8-10-18/h6-13,17H,14H2,1-5H3/t17-/m0/s1. The van der Waals surface area contributed by atoms with E-state index in [1.54, 1.807) is 26.1 Å². The van der Waals surface area contributed by atoms with Crippen LogP contribution in [0.25, 0.3) is 11.4 Å². The van der Waals surface area contributed by atoms with Gasteiger partial charge in [0.25, 0.3) is 0 Å². The van der Waals surface area contributed by atoms with E-state index in [1.165, 1.54) is 4.90 Å². The maximum absolute atomic E-state index is 13.1. The molecule has 31 heavy (non-hydrogen) atoms. The van der Waals surface area contributed by atoms with Crippen molar-refractivity contribution in [1.29, 1.82) is 0 Å². The molecule has 0 spiro atoms. The Bertz CT molecular complexity index is 1180. The van der Waals surface area contributed by atoms with E-state index in [9.17, 15) is 13.2 Å². The molecule has 1 heterocycles. The van der Waals surface area contributed by atoms with E-state index in [0.717, 1.165) is 27.3 Å². The number of aromatic nitrogens is 2. The van der Waals surface area contributed by atoms with Crippen molar-refractivity contribution in [2.24, 2.45) is 0 Å². The molecule has 1 amide bonds. The van der Waals surface area contributed by atoms with Crippen LogP contribution in [0.3, 0.4) is 0 Å². The number of sulfonamides is 1. The Morgan fingerprint density at radius 2 is 1.77 bits per heavy atom. The molecular formula is C22H26N4O4S. The maximum atomic E-state index is 13.1. The number of hydrogen-bond acceptors (Lipinski definition) is 6. The number of hydrogen-bond donors (Lipinski definition) is 0. The van der Waals surface area contributed by atoms with Gasteiger partial charge in [0, 0.05) is 12.6 Å². The topological polar surface area (TPSA) is 96.6 Å². The third kappa shape index (κ3) is 5.11. The highest BCUT2D eigenvalue weighted by molar-refractivity contribution is 7.92. The van der Waals surface area contributed by atoms with Crippen LogP contribution in [0.15, 0.2) is 53.1 Å². The fourth-order valence-corrected chi connectivity index (χ4v) is 4.45. The van der Waals surface area contributed by atoms with Gasteiger partial charge in [-0.3, -0.25) is 9.10 Å².